The summed E-state index contributed by atoms with van der Waals surface area (Å²) in [5, 5.41) is 24.2. The zero-order valence-corrected chi connectivity index (χ0v) is 18.1. The van der Waals surface area contributed by atoms with Crippen molar-refractivity contribution in [1.29, 1.82) is 0 Å². The van der Waals surface area contributed by atoms with Gasteiger partial charge in [-0.2, -0.15) is 9.61 Å². The highest BCUT2D eigenvalue weighted by Gasteiger charge is 2.31. The first-order valence-electron chi connectivity index (χ1n) is 9.62. The molecule has 0 aliphatic carbocycles. The summed E-state index contributed by atoms with van der Waals surface area (Å²) in [6.45, 7) is 8.17. The lowest BCUT2D eigenvalue weighted by Crippen LogP contribution is -2.30. The van der Waals surface area contributed by atoms with Crippen LogP contribution in [0.5, 0.6) is 5.75 Å². The molecular weight excluding hydrogens is 408 g/mol. The number of aliphatic hydroxyl groups excluding tert-OH is 1. The number of fused-ring (bicyclic) bond motifs is 1. The van der Waals surface area contributed by atoms with E-state index in [1.807, 2.05) is 33.8 Å². The zero-order valence-electron chi connectivity index (χ0n) is 17.4. The molecule has 0 spiro atoms. The minimum atomic E-state index is -1.21. The number of aromatic nitrogens is 3. The molecule has 0 radical (unpaired) electrons. The lowest BCUT2D eigenvalue weighted by molar-refractivity contribution is 0.204. The Kier molecular flexibility index (Phi) is 6.19. The van der Waals surface area contributed by atoms with Crippen LogP contribution in [0.1, 0.15) is 38.8 Å². The maximum Gasteiger partial charge on any atom is 0.417 e. The quantitative estimate of drug-likeness (QED) is 0.559. The summed E-state index contributed by atoms with van der Waals surface area (Å²) < 4.78 is 7.06. The van der Waals surface area contributed by atoms with Crippen LogP contribution in [0.25, 0.3) is 5.65 Å². The first kappa shape index (κ1) is 21.9. The van der Waals surface area contributed by atoms with Gasteiger partial charge in [-0.05, 0) is 36.1 Å². The van der Waals surface area contributed by atoms with Crippen molar-refractivity contribution >= 4 is 34.8 Å². The van der Waals surface area contributed by atoms with E-state index in [-0.39, 0.29) is 29.4 Å². The van der Waals surface area contributed by atoms with Gasteiger partial charge in [-0.25, -0.2) is 14.7 Å². The number of hydrogen-bond acceptors (Lipinski definition) is 5. The van der Waals surface area contributed by atoms with Crippen LogP contribution in [0, 0.1) is 0 Å². The highest BCUT2D eigenvalue weighted by molar-refractivity contribution is 6.30. The molecule has 0 aliphatic heterocycles. The maximum absolute atomic E-state index is 12.6. The van der Waals surface area contributed by atoms with Crippen LogP contribution in [0.15, 0.2) is 30.5 Å². The third-order valence-electron chi connectivity index (χ3n) is 4.65. The fourth-order valence-electron chi connectivity index (χ4n) is 3.36. The van der Waals surface area contributed by atoms with E-state index in [0.717, 1.165) is 10.5 Å². The highest BCUT2D eigenvalue weighted by atomic mass is 35.5. The first-order valence-corrected chi connectivity index (χ1v) is 10.00. The van der Waals surface area contributed by atoms with Crippen molar-refractivity contribution in [3.63, 3.8) is 0 Å². The molecular formula is C21H25ClN4O4. The van der Waals surface area contributed by atoms with Crippen molar-refractivity contribution in [3.8, 4) is 5.75 Å². The summed E-state index contributed by atoms with van der Waals surface area (Å²) in [4.78, 5) is 18.0. The lowest BCUT2D eigenvalue weighted by Gasteiger charge is -2.30. The average Bonchev–Trinajstić information content (AvgIpc) is 3.12. The van der Waals surface area contributed by atoms with Gasteiger partial charge < -0.3 is 14.9 Å². The second kappa shape index (κ2) is 8.49. The van der Waals surface area contributed by atoms with Gasteiger partial charge in [-0.1, -0.05) is 32.4 Å². The Morgan fingerprint density at radius 1 is 1.30 bits per heavy atom. The largest absolute Gasteiger partial charge is 0.494 e. The molecule has 30 heavy (non-hydrogen) atoms. The zero-order chi connectivity index (χ0) is 22.1. The van der Waals surface area contributed by atoms with Crippen molar-refractivity contribution in [1.82, 2.24) is 14.6 Å². The molecule has 2 aromatic heterocycles. The van der Waals surface area contributed by atoms with Crippen LogP contribution in [0.4, 0.5) is 16.3 Å². The Labute approximate surface area is 179 Å². The van der Waals surface area contributed by atoms with Gasteiger partial charge in [0, 0.05) is 24.7 Å². The number of ether oxygens (including phenoxy) is 1. The third kappa shape index (κ3) is 4.06. The highest BCUT2D eigenvalue weighted by Crippen LogP contribution is 2.40. The van der Waals surface area contributed by atoms with E-state index in [0.29, 0.717) is 29.3 Å². The minimum absolute atomic E-state index is 0.126. The number of aliphatic hydroxyl groups is 1. The normalized spacial score (nSPS) is 11.7. The van der Waals surface area contributed by atoms with Crippen molar-refractivity contribution in [2.45, 2.75) is 39.5 Å². The SMILES string of the molecule is CCOc1ccc(N(C(=O)O)c2c(CCO)c(Cl)nc3ccnn23)c(C(C)(C)C)c1. The Morgan fingerprint density at radius 3 is 2.63 bits per heavy atom. The number of carbonyl (C=O) groups is 1. The third-order valence-corrected chi connectivity index (χ3v) is 4.96. The fraction of sp³-hybridized carbons (Fsp3) is 0.381. The molecule has 0 saturated carbocycles. The van der Waals surface area contributed by atoms with Gasteiger partial charge in [0.05, 0.1) is 18.5 Å². The molecule has 0 aliphatic rings. The molecule has 2 heterocycles. The van der Waals surface area contributed by atoms with Crippen molar-refractivity contribution in [3.05, 3.63) is 46.7 Å². The predicted molar refractivity (Wildman–Crippen MR) is 115 cm³/mol. The topological polar surface area (TPSA) is 100 Å². The van der Waals surface area contributed by atoms with Crippen molar-refractivity contribution in [2.75, 3.05) is 18.1 Å². The number of benzene rings is 1. The lowest BCUT2D eigenvalue weighted by atomic mass is 9.85. The number of hydrogen-bond donors (Lipinski definition) is 2. The van der Waals surface area contributed by atoms with Gasteiger partial charge in [0.15, 0.2) is 11.5 Å². The van der Waals surface area contributed by atoms with Crippen LogP contribution in [0.3, 0.4) is 0 Å². The Balaban J connectivity index is 2.35. The standard InChI is InChI=1S/C21H25ClN4O4/c1-5-30-13-6-7-16(15(12-13)21(2,3)4)25(20(28)29)19-14(9-11-27)18(22)24-17-8-10-23-26(17)19/h6-8,10,12,27H,5,9,11H2,1-4H3,(H,28,29). The summed E-state index contributed by atoms with van der Waals surface area (Å²) in [6.07, 6.45) is 0.444. The van der Waals surface area contributed by atoms with Gasteiger partial charge >= 0.3 is 6.09 Å². The second-order valence-electron chi connectivity index (χ2n) is 7.76. The molecule has 160 valence electrons. The van der Waals surface area contributed by atoms with Gasteiger partial charge in [0.1, 0.15) is 10.9 Å². The molecule has 0 saturated heterocycles. The van der Waals surface area contributed by atoms with Crippen molar-refractivity contribution < 1.29 is 19.7 Å². The molecule has 0 atom stereocenters. The van der Waals surface area contributed by atoms with E-state index in [1.165, 1.54) is 10.7 Å². The van der Waals surface area contributed by atoms with Gasteiger partial charge in [0.25, 0.3) is 0 Å². The molecule has 2 N–H and O–H groups in total. The monoisotopic (exact) mass is 432 g/mol. The van der Waals surface area contributed by atoms with E-state index < -0.39 is 6.09 Å². The van der Waals surface area contributed by atoms with E-state index in [9.17, 15) is 15.0 Å². The first-order chi connectivity index (χ1) is 14.2. The number of halogens is 1. The number of carboxylic acid groups (broad SMARTS) is 1. The molecule has 0 bridgehead atoms. The molecule has 9 heteroatoms. The van der Waals surface area contributed by atoms with Gasteiger partial charge in [-0.3, -0.25) is 0 Å². The van der Waals surface area contributed by atoms with E-state index in [1.54, 1.807) is 18.2 Å². The van der Waals surface area contributed by atoms with Gasteiger partial charge in [0.2, 0.25) is 0 Å². The van der Waals surface area contributed by atoms with Crippen LogP contribution in [-0.2, 0) is 11.8 Å². The number of amides is 1. The molecule has 8 nitrogen and oxygen atoms in total. The van der Waals surface area contributed by atoms with Crippen LogP contribution in [0.2, 0.25) is 5.15 Å². The van der Waals surface area contributed by atoms with E-state index >= 15 is 0 Å². The molecule has 1 amide bonds. The summed E-state index contributed by atoms with van der Waals surface area (Å²) in [6, 6.07) is 6.94. The molecule has 0 fully saturated rings. The summed E-state index contributed by atoms with van der Waals surface area (Å²) in [5.41, 5.74) is 1.65. The Bertz CT molecular complexity index is 1070. The van der Waals surface area contributed by atoms with Gasteiger partial charge in [-0.15, -0.1) is 0 Å². The number of nitrogens with zero attached hydrogens (tertiary/aromatic N) is 4. The average molecular weight is 433 g/mol. The summed E-state index contributed by atoms with van der Waals surface area (Å²) in [7, 11) is 0. The summed E-state index contributed by atoms with van der Waals surface area (Å²) >= 11 is 6.37. The van der Waals surface area contributed by atoms with Crippen molar-refractivity contribution in [2.24, 2.45) is 0 Å². The predicted octanol–water partition coefficient (Wildman–Crippen LogP) is 4.43. The molecule has 3 rings (SSSR count). The smallest absolute Gasteiger partial charge is 0.417 e. The number of rotatable bonds is 6. The maximum atomic E-state index is 12.6. The van der Waals surface area contributed by atoms with E-state index in [2.05, 4.69) is 10.1 Å². The second-order valence-corrected chi connectivity index (χ2v) is 8.12. The Hall–Kier alpha value is -2.84. The fourth-order valence-corrected chi connectivity index (χ4v) is 3.63. The van der Waals surface area contributed by atoms with Crippen LogP contribution >= 0.6 is 11.6 Å². The van der Waals surface area contributed by atoms with Crippen LogP contribution in [-0.4, -0.2) is 44.1 Å². The summed E-state index contributed by atoms with van der Waals surface area (Å²) in [5.74, 6) is 0.885. The Morgan fingerprint density at radius 2 is 2.03 bits per heavy atom. The number of anilines is 2. The van der Waals surface area contributed by atoms with Crippen LogP contribution < -0.4 is 9.64 Å². The molecule has 0 unspecified atom stereocenters. The minimum Gasteiger partial charge on any atom is -0.494 e. The molecule has 3 aromatic rings. The molecule has 1 aromatic carbocycles. The van der Waals surface area contributed by atoms with E-state index in [4.69, 9.17) is 16.3 Å².